The molecule has 0 saturated carbocycles. The van der Waals surface area contributed by atoms with Gasteiger partial charge in [-0.2, -0.15) is 0 Å². The number of carbonyl (C=O) groups is 2. The number of urea groups is 1. The first kappa shape index (κ1) is 20.7. The SMILES string of the molecule is COc1ccc(N2CCN(CC(=O)N3CCN(c4ncccn4)CC3)C2=O)cc1OC. The maximum Gasteiger partial charge on any atom is 0.325 e. The Morgan fingerprint density at radius 2 is 1.68 bits per heavy atom. The molecule has 4 rings (SSSR count). The summed E-state index contributed by atoms with van der Waals surface area (Å²) in [5, 5.41) is 0. The molecule has 0 radical (unpaired) electrons. The van der Waals surface area contributed by atoms with Gasteiger partial charge in [-0.15, -0.1) is 0 Å². The molecule has 0 spiro atoms. The highest BCUT2D eigenvalue weighted by Gasteiger charge is 2.33. The molecule has 2 aliphatic rings. The number of hydrogen-bond acceptors (Lipinski definition) is 7. The first-order valence-corrected chi connectivity index (χ1v) is 10.2. The molecule has 2 saturated heterocycles. The van der Waals surface area contributed by atoms with Crippen LogP contribution in [0.1, 0.15) is 0 Å². The number of ether oxygens (including phenoxy) is 2. The van der Waals surface area contributed by atoms with Crippen molar-refractivity contribution in [1.29, 1.82) is 0 Å². The second-order valence-corrected chi connectivity index (χ2v) is 7.31. The van der Waals surface area contributed by atoms with Crippen LogP contribution >= 0.6 is 0 Å². The summed E-state index contributed by atoms with van der Waals surface area (Å²) in [6.45, 7) is 3.59. The quantitative estimate of drug-likeness (QED) is 0.683. The van der Waals surface area contributed by atoms with Crippen molar-refractivity contribution in [2.24, 2.45) is 0 Å². The van der Waals surface area contributed by atoms with Crippen LogP contribution in [-0.2, 0) is 4.79 Å². The van der Waals surface area contributed by atoms with E-state index in [1.54, 1.807) is 59.5 Å². The molecule has 1 aromatic heterocycles. The Morgan fingerprint density at radius 3 is 2.35 bits per heavy atom. The predicted molar refractivity (Wildman–Crippen MR) is 115 cm³/mol. The molecule has 0 bridgehead atoms. The molecule has 0 atom stereocenters. The van der Waals surface area contributed by atoms with Crippen LogP contribution < -0.4 is 19.3 Å². The fraction of sp³-hybridized carbons (Fsp3) is 0.429. The maximum atomic E-state index is 12.9. The highest BCUT2D eigenvalue weighted by molar-refractivity contribution is 5.96. The van der Waals surface area contributed by atoms with Crippen LogP contribution in [0.2, 0.25) is 0 Å². The standard InChI is InChI=1S/C21H26N6O4/c1-30-17-5-4-16(14-18(17)31-2)27-13-12-26(21(27)29)15-19(28)24-8-10-25(11-9-24)20-22-6-3-7-23-20/h3-7,14H,8-13,15H2,1-2H3. The molecule has 0 N–H and O–H groups in total. The van der Waals surface area contributed by atoms with Crippen molar-refractivity contribution in [3.8, 4) is 11.5 Å². The van der Waals surface area contributed by atoms with Gasteiger partial charge in [0.25, 0.3) is 0 Å². The highest BCUT2D eigenvalue weighted by Crippen LogP contribution is 2.32. The zero-order chi connectivity index (χ0) is 21.8. The second kappa shape index (κ2) is 9.07. The number of aromatic nitrogens is 2. The number of hydrogen-bond donors (Lipinski definition) is 0. The molecule has 10 nitrogen and oxygen atoms in total. The van der Waals surface area contributed by atoms with Crippen LogP contribution in [0.25, 0.3) is 0 Å². The minimum absolute atomic E-state index is 0.0452. The summed E-state index contributed by atoms with van der Waals surface area (Å²) in [6.07, 6.45) is 3.42. The molecular weight excluding hydrogens is 400 g/mol. The Morgan fingerprint density at radius 1 is 0.968 bits per heavy atom. The lowest BCUT2D eigenvalue weighted by Crippen LogP contribution is -2.52. The Kier molecular flexibility index (Phi) is 6.06. The largest absolute Gasteiger partial charge is 0.493 e. The lowest BCUT2D eigenvalue weighted by Gasteiger charge is -2.35. The van der Waals surface area contributed by atoms with E-state index in [4.69, 9.17) is 9.47 Å². The summed E-state index contributed by atoms with van der Waals surface area (Å²) in [5.41, 5.74) is 0.717. The Bertz CT molecular complexity index is 933. The predicted octanol–water partition coefficient (Wildman–Crippen LogP) is 1.08. The van der Waals surface area contributed by atoms with Crippen LogP contribution in [0.15, 0.2) is 36.7 Å². The number of rotatable bonds is 6. The molecule has 3 heterocycles. The third-order valence-electron chi connectivity index (χ3n) is 5.57. The van der Waals surface area contributed by atoms with Gasteiger partial charge in [0, 0.05) is 63.4 Å². The molecule has 1 aromatic carbocycles. The van der Waals surface area contributed by atoms with E-state index in [9.17, 15) is 9.59 Å². The van der Waals surface area contributed by atoms with Gasteiger partial charge < -0.3 is 24.2 Å². The van der Waals surface area contributed by atoms with Gasteiger partial charge >= 0.3 is 6.03 Å². The van der Waals surface area contributed by atoms with Crippen LogP contribution in [0, 0.1) is 0 Å². The van der Waals surface area contributed by atoms with Gasteiger partial charge in [-0.05, 0) is 18.2 Å². The van der Waals surface area contributed by atoms with Crippen molar-refractivity contribution in [3.63, 3.8) is 0 Å². The summed E-state index contributed by atoms with van der Waals surface area (Å²) >= 11 is 0. The van der Waals surface area contributed by atoms with E-state index in [1.807, 2.05) is 6.07 Å². The topological polar surface area (TPSA) is 91.3 Å². The molecule has 164 valence electrons. The van der Waals surface area contributed by atoms with Gasteiger partial charge in [0.1, 0.15) is 6.54 Å². The molecule has 0 unspecified atom stereocenters. The van der Waals surface area contributed by atoms with E-state index < -0.39 is 0 Å². The normalized spacial score (nSPS) is 16.6. The van der Waals surface area contributed by atoms with E-state index in [2.05, 4.69) is 14.9 Å². The molecule has 10 heteroatoms. The lowest BCUT2D eigenvalue weighted by atomic mass is 10.2. The van der Waals surface area contributed by atoms with E-state index in [-0.39, 0.29) is 18.5 Å². The van der Waals surface area contributed by atoms with Gasteiger partial charge in [0.2, 0.25) is 11.9 Å². The smallest absolute Gasteiger partial charge is 0.325 e. The lowest BCUT2D eigenvalue weighted by molar-refractivity contribution is -0.131. The molecule has 3 amide bonds. The number of anilines is 2. The van der Waals surface area contributed by atoms with Crippen molar-refractivity contribution in [2.45, 2.75) is 0 Å². The number of benzene rings is 1. The number of nitrogens with zero attached hydrogens (tertiary/aromatic N) is 6. The summed E-state index contributed by atoms with van der Waals surface area (Å²) in [5.74, 6) is 1.79. The van der Waals surface area contributed by atoms with Crippen molar-refractivity contribution in [1.82, 2.24) is 19.8 Å². The molecule has 0 aliphatic carbocycles. The van der Waals surface area contributed by atoms with Crippen molar-refractivity contribution in [2.75, 3.05) is 69.8 Å². The van der Waals surface area contributed by atoms with Crippen LogP contribution in [0.3, 0.4) is 0 Å². The van der Waals surface area contributed by atoms with Gasteiger partial charge in [0.05, 0.1) is 14.2 Å². The number of amides is 3. The first-order valence-electron chi connectivity index (χ1n) is 10.2. The average Bonchev–Trinajstić information content (AvgIpc) is 3.19. The summed E-state index contributed by atoms with van der Waals surface area (Å²) in [6, 6.07) is 6.95. The van der Waals surface area contributed by atoms with Crippen LogP contribution in [0.5, 0.6) is 11.5 Å². The summed E-state index contributed by atoms with van der Waals surface area (Å²) in [4.78, 5) is 41.3. The van der Waals surface area contributed by atoms with Gasteiger partial charge in [0.15, 0.2) is 11.5 Å². The minimum Gasteiger partial charge on any atom is -0.493 e. The van der Waals surface area contributed by atoms with Gasteiger partial charge in [-0.1, -0.05) is 0 Å². The Labute approximate surface area is 181 Å². The Balaban J connectivity index is 1.33. The summed E-state index contributed by atoms with van der Waals surface area (Å²) in [7, 11) is 3.13. The van der Waals surface area contributed by atoms with E-state index in [0.717, 1.165) is 0 Å². The first-order chi connectivity index (χ1) is 15.1. The zero-order valence-corrected chi connectivity index (χ0v) is 17.7. The van der Waals surface area contributed by atoms with E-state index >= 15 is 0 Å². The van der Waals surface area contributed by atoms with Crippen LogP contribution in [0.4, 0.5) is 16.4 Å². The number of carbonyl (C=O) groups excluding carboxylic acids is 2. The Hall–Kier alpha value is -3.56. The monoisotopic (exact) mass is 426 g/mol. The van der Waals surface area contributed by atoms with Gasteiger partial charge in [-0.3, -0.25) is 9.69 Å². The number of methoxy groups -OCH3 is 2. The molecule has 2 aromatic rings. The van der Waals surface area contributed by atoms with Crippen molar-refractivity contribution >= 4 is 23.6 Å². The molecular formula is C21H26N6O4. The minimum atomic E-state index is -0.183. The van der Waals surface area contributed by atoms with E-state index in [1.165, 1.54) is 0 Å². The molecule has 2 fully saturated rings. The number of piperazine rings is 1. The third kappa shape index (κ3) is 4.32. The highest BCUT2D eigenvalue weighted by atomic mass is 16.5. The van der Waals surface area contributed by atoms with Crippen molar-refractivity contribution in [3.05, 3.63) is 36.7 Å². The third-order valence-corrected chi connectivity index (χ3v) is 5.57. The summed E-state index contributed by atoms with van der Waals surface area (Å²) < 4.78 is 10.6. The average molecular weight is 426 g/mol. The van der Waals surface area contributed by atoms with Gasteiger partial charge in [-0.25, -0.2) is 14.8 Å². The fourth-order valence-corrected chi connectivity index (χ4v) is 3.84. The fourth-order valence-electron chi connectivity index (χ4n) is 3.84. The maximum absolute atomic E-state index is 12.9. The molecule has 2 aliphatic heterocycles. The van der Waals surface area contributed by atoms with Crippen LogP contribution in [-0.4, -0.2) is 91.7 Å². The molecule has 31 heavy (non-hydrogen) atoms. The van der Waals surface area contributed by atoms with E-state index in [0.29, 0.717) is 62.4 Å². The van der Waals surface area contributed by atoms with Crippen molar-refractivity contribution < 1.29 is 19.1 Å². The second-order valence-electron chi connectivity index (χ2n) is 7.31. The zero-order valence-electron chi connectivity index (χ0n) is 17.7.